The molecule has 18 heavy (non-hydrogen) atoms. The van der Waals surface area contributed by atoms with E-state index in [-0.39, 0.29) is 18.2 Å². The van der Waals surface area contributed by atoms with Gasteiger partial charge >= 0.3 is 0 Å². The first kappa shape index (κ1) is 13.0. The second kappa shape index (κ2) is 5.44. The third-order valence-corrected chi connectivity index (χ3v) is 3.04. The Morgan fingerprint density at radius 3 is 2.39 bits per heavy atom. The largest absolute Gasteiger partial charge is 0.489 e. The average molecular weight is 317 g/mol. The molecule has 94 valence electrons. The molecular formula is C13H8BrF3O. The Kier molecular flexibility index (Phi) is 3.91. The minimum atomic E-state index is -0.967. The molecule has 0 aliphatic heterocycles. The molecule has 0 aromatic heterocycles. The molecule has 0 heterocycles. The van der Waals surface area contributed by atoms with E-state index in [0.717, 1.165) is 12.1 Å². The summed E-state index contributed by atoms with van der Waals surface area (Å²) in [6.45, 7) is 0.131. The summed E-state index contributed by atoms with van der Waals surface area (Å²) in [7, 11) is 0. The van der Waals surface area contributed by atoms with Crippen molar-refractivity contribution in [1.82, 2.24) is 0 Å². The number of halogens is 4. The fourth-order valence-electron chi connectivity index (χ4n) is 1.37. The number of hydrogen-bond donors (Lipinski definition) is 0. The quantitative estimate of drug-likeness (QED) is 0.813. The van der Waals surface area contributed by atoms with Crippen LogP contribution in [-0.2, 0) is 6.61 Å². The summed E-state index contributed by atoms with van der Waals surface area (Å²) in [4.78, 5) is 0. The highest BCUT2D eigenvalue weighted by Crippen LogP contribution is 2.21. The van der Waals surface area contributed by atoms with E-state index in [4.69, 9.17) is 4.74 Å². The molecule has 0 saturated heterocycles. The molecule has 1 nitrogen and oxygen atoms in total. The SMILES string of the molecule is Fc1ccc(COc2ccc(F)c(F)c2)c(Br)c1. The van der Waals surface area contributed by atoms with E-state index in [1.54, 1.807) is 6.07 Å². The van der Waals surface area contributed by atoms with Gasteiger partial charge < -0.3 is 4.74 Å². The molecule has 0 amide bonds. The number of benzene rings is 2. The van der Waals surface area contributed by atoms with Crippen LogP contribution in [0.2, 0.25) is 0 Å². The summed E-state index contributed by atoms with van der Waals surface area (Å²) in [5, 5.41) is 0. The van der Waals surface area contributed by atoms with Crippen LogP contribution < -0.4 is 4.74 Å². The normalized spacial score (nSPS) is 10.4. The van der Waals surface area contributed by atoms with Crippen molar-refractivity contribution in [1.29, 1.82) is 0 Å². The topological polar surface area (TPSA) is 9.23 Å². The Morgan fingerprint density at radius 2 is 1.72 bits per heavy atom. The minimum absolute atomic E-state index is 0.131. The van der Waals surface area contributed by atoms with Gasteiger partial charge in [0.15, 0.2) is 11.6 Å². The summed E-state index contributed by atoms with van der Waals surface area (Å²) in [6, 6.07) is 7.45. The molecule has 0 N–H and O–H groups in total. The predicted octanol–water partition coefficient (Wildman–Crippen LogP) is 4.45. The number of ether oxygens (including phenoxy) is 1. The molecule has 0 aliphatic carbocycles. The van der Waals surface area contributed by atoms with Gasteiger partial charge in [0.05, 0.1) is 0 Å². The number of rotatable bonds is 3. The van der Waals surface area contributed by atoms with Gasteiger partial charge in [-0.2, -0.15) is 0 Å². The molecule has 0 unspecified atom stereocenters. The Bertz CT molecular complexity index is 572. The van der Waals surface area contributed by atoms with Crippen molar-refractivity contribution in [3.8, 4) is 5.75 Å². The standard InChI is InChI=1S/C13H8BrF3O/c14-11-5-9(15)2-1-8(11)7-18-10-3-4-12(16)13(17)6-10/h1-6H,7H2. The maximum absolute atomic E-state index is 12.9. The van der Waals surface area contributed by atoms with Gasteiger partial charge in [0.25, 0.3) is 0 Å². The first-order valence-electron chi connectivity index (χ1n) is 5.08. The van der Waals surface area contributed by atoms with Gasteiger partial charge in [-0.05, 0) is 24.3 Å². The van der Waals surface area contributed by atoms with Gasteiger partial charge in [0.1, 0.15) is 18.2 Å². The maximum atomic E-state index is 12.9. The Morgan fingerprint density at radius 1 is 0.944 bits per heavy atom. The van der Waals surface area contributed by atoms with Crippen LogP contribution in [0.5, 0.6) is 5.75 Å². The van der Waals surface area contributed by atoms with Crippen molar-refractivity contribution in [2.75, 3.05) is 0 Å². The summed E-state index contributed by atoms with van der Waals surface area (Å²) in [6.07, 6.45) is 0. The second-order valence-electron chi connectivity index (χ2n) is 3.60. The molecule has 0 fully saturated rings. The van der Waals surface area contributed by atoms with Crippen molar-refractivity contribution in [2.45, 2.75) is 6.61 Å². The molecular weight excluding hydrogens is 309 g/mol. The maximum Gasteiger partial charge on any atom is 0.162 e. The summed E-state index contributed by atoms with van der Waals surface area (Å²) >= 11 is 3.19. The minimum Gasteiger partial charge on any atom is -0.489 e. The van der Waals surface area contributed by atoms with Gasteiger partial charge in [-0.3, -0.25) is 0 Å². The molecule has 5 heteroatoms. The van der Waals surface area contributed by atoms with Crippen LogP contribution in [0.15, 0.2) is 40.9 Å². The fraction of sp³-hybridized carbons (Fsp3) is 0.0769. The molecule has 2 aromatic carbocycles. The lowest BCUT2D eigenvalue weighted by molar-refractivity contribution is 0.302. The van der Waals surface area contributed by atoms with Gasteiger partial charge in [-0.1, -0.05) is 22.0 Å². The molecule has 0 atom stereocenters. The monoisotopic (exact) mass is 316 g/mol. The van der Waals surface area contributed by atoms with Crippen molar-refractivity contribution in [2.24, 2.45) is 0 Å². The van der Waals surface area contributed by atoms with Crippen LogP contribution in [0.25, 0.3) is 0 Å². The Hall–Kier alpha value is -1.49. The van der Waals surface area contributed by atoms with Crippen molar-refractivity contribution in [3.05, 3.63) is 63.9 Å². The summed E-state index contributed by atoms with van der Waals surface area (Å²) in [5.74, 6) is -2.04. The first-order valence-corrected chi connectivity index (χ1v) is 5.87. The van der Waals surface area contributed by atoms with Crippen molar-refractivity contribution in [3.63, 3.8) is 0 Å². The van der Waals surface area contributed by atoms with Gasteiger partial charge in [0, 0.05) is 16.1 Å². The van der Waals surface area contributed by atoms with Crippen LogP contribution in [-0.4, -0.2) is 0 Å². The molecule has 2 aromatic rings. The van der Waals surface area contributed by atoms with E-state index >= 15 is 0 Å². The molecule has 0 bridgehead atoms. The fourth-order valence-corrected chi connectivity index (χ4v) is 1.83. The smallest absolute Gasteiger partial charge is 0.162 e. The second-order valence-corrected chi connectivity index (χ2v) is 4.45. The van der Waals surface area contributed by atoms with Crippen molar-refractivity contribution < 1.29 is 17.9 Å². The van der Waals surface area contributed by atoms with Crippen LogP contribution in [0.3, 0.4) is 0 Å². The highest BCUT2D eigenvalue weighted by atomic mass is 79.9. The third kappa shape index (κ3) is 3.04. The molecule has 0 saturated carbocycles. The zero-order valence-electron chi connectivity index (χ0n) is 9.09. The average Bonchev–Trinajstić information content (AvgIpc) is 2.32. The lowest BCUT2D eigenvalue weighted by Gasteiger charge is -2.08. The predicted molar refractivity (Wildman–Crippen MR) is 64.8 cm³/mol. The van der Waals surface area contributed by atoms with Crippen LogP contribution >= 0.6 is 15.9 Å². The van der Waals surface area contributed by atoms with E-state index < -0.39 is 11.6 Å². The van der Waals surface area contributed by atoms with Crippen molar-refractivity contribution >= 4 is 15.9 Å². The molecule has 0 aliphatic rings. The highest BCUT2D eigenvalue weighted by Gasteiger charge is 2.05. The third-order valence-electron chi connectivity index (χ3n) is 2.30. The summed E-state index contributed by atoms with van der Waals surface area (Å²) < 4.78 is 44.3. The van der Waals surface area contributed by atoms with Gasteiger partial charge in [-0.15, -0.1) is 0 Å². The van der Waals surface area contributed by atoms with Crippen LogP contribution in [0.1, 0.15) is 5.56 Å². The summed E-state index contributed by atoms with van der Waals surface area (Å²) in [5.41, 5.74) is 0.709. The highest BCUT2D eigenvalue weighted by molar-refractivity contribution is 9.10. The van der Waals surface area contributed by atoms with Gasteiger partial charge in [-0.25, -0.2) is 13.2 Å². The van der Waals surface area contributed by atoms with E-state index in [1.165, 1.54) is 18.2 Å². The van der Waals surface area contributed by atoms with E-state index in [1.807, 2.05) is 0 Å². The first-order chi connectivity index (χ1) is 8.56. The molecule has 0 radical (unpaired) electrons. The number of hydrogen-bond acceptors (Lipinski definition) is 1. The Labute approximate surface area is 110 Å². The zero-order valence-corrected chi connectivity index (χ0v) is 10.7. The molecule has 2 rings (SSSR count). The molecule has 0 spiro atoms. The van der Waals surface area contributed by atoms with Crippen LogP contribution in [0.4, 0.5) is 13.2 Å². The van der Waals surface area contributed by atoms with E-state index in [0.29, 0.717) is 10.0 Å². The van der Waals surface area contributed by atoms with Gasteiger partial charge in [0.2, 0.25) is 0 Å². The van der Waals surface area contributed by atoms with E-state index in [9.17, 15) is 13.2 Å². The Balaban J connectivity index is 2.09. The lowest BCUT2D eigenvalue weighted by Crippen LogP contribution is -1.97. The zero-order chi connectivity index (χ0) is 13.1. The van der Waals surface area contributed by atoms with E-state index in [2.05, 4.69) is 15.9 Å². The van der Waals surface area contributed by atoms with Crippen LogP contribution in [0, 0.1) is 17.5 Å². The lowest BCUT2D eigenvalue weighted by atomic mass is 10.2.